The minimum absolute atomic E-state index is 0.0232. The molecule has 2 heterocycles. The first-order valence-corrected chi connectivity index (χ1v) is 10.2. The average molecular weight is 360 g/mol. The number of amides is 1. The normalized spacial score (nSPS) is 20.5. The number of carbonyl (C=O) groups excluding carboxylic acids is 1. The van der Waals surface area contributed by atoms with Crippen LogP contribution in [0, 0.1) is 0 Å². The van der Waals surface area contributed by atoms with E-state index in [0.717, 1.165) is 13.1 Å². The Morgan fingerprint density at radius 1 is 1.12 bits per heavy atom. The van der Waals surface area contributed by atoms with Gasteiger partial charge in [-0.25, -0.2) is 9.97 Å². The van der Waals surface area contributed by atoms with Crippen LogP contribution in [0.15, 0.2) is 12.4 Å². The second-order valence-electron chi connectivity index (χ2n) is 7.82. The van der Waals surface area contributed by atoms with E-state index in [2.05, 4.69) is 20.2 Å². The number of piperidine rings is 1. The van der Waals surface area contributed by atoms with E-state index in [-0.39, 0.29) is 11.4 Å². The molecule has 1 aliphatic carbocycles. The van der Waals surface area contributed by atoms with E-state index in [9.17, 15) is 4.79 Å². The molecule has 1 amide bonds. The van der Waals surface area contributed by atoms with Crippen molar-refractivity contribution in [3.8, 4) is 0 Å². The molecule has 2 aliphatic rings. The summed E-state index contributed by atoms with van der Waals surface area (Å²) < 4.78 is 0. The Hall–Kier alpha value is -1.69. The van der Waals surface area contributed by atoms with Crippen molar-refractivity contribution >= 4 is 11.9 Å². The second-order valence-corrected chi connectivity index (χ2v) is 7.82. The van der Waals surface area contributed by atoms with Gasteiger partial charge in [0.25, 0.3) is 5.91 Å². The first-order valence-electron chi connectivity index (χ1n) is 10.2. The summed E-state index contributed by atoms with van der Waals surface area (Å²) in [5.41, 5.74) is 0.729. The summed E-state index contributed by atoms with van der Waals surface area (Å²) in [6, 6.07) is 0. The lowest BCUT2D eigenvalue weighted by atomic mass is 9.78. The minimum Gasteiger partial charge on any atom is -0.355 e. The molecule has 1 saturated heterocycles. The lowest BCUT2D eigenvalue weighted by molar-refractivity contribution is 0.00988. The van der Waals surface area contributed by atoms with Crippen molar-refractivity contribution in [3.63, 3.8) is 0 Å². The summed E-state index contributed by atoms with van der Waals surface area (Å²) in [4.78, 5) is 26.0. The molecule has 0 atom stereocenters. The number of nitrogens with one attached hydrogen (secondary N) is 1. The summed E-state index contributed by atoms with van der Waals surface area (Å²) in [7, 11) is 1.93. The number of aromatic nitrogens is 2. The van der Waals surface area contributed by atoms with Crippen LogP contribution in [0.4, 0.5) is 5.95 Å². The van der Waals surface area contributed by atoms with E-state index < -0.39 is 0 Å². The van der Waals surface area contributed by atoms with Gasteiger partial charge in [0.2, 0.25) is 5.95 Å². The highest BCUT2D eigenvalue weighted by Crippen LogP contribution is 2.36. The number of hydrogen-bond donors (Lipinski definition) is 1. The number of rotatable bonds is 6. The van der Waals surface area contributed by atoms with Gasteiger partial charge in [0.15, 0.2) is 0 Å². The van der Waals surface area contributed by atoms with Crippen LogP contribution in [-0.4, -0.2) is 64.4 Å². The van der Waals surface area contributed by atoms with Crippen molar-refractivity contribution in [2.75, 3.05) is 38.5 Å². The molecular weight excluding hydrogens is 326 g/mol. The molecule has 144 valence electrons. The van der Waals surface area contributed by atoms with Gasteiger partial charge >= 0.3 is 0 Å². The van der Waals surface area contributed by atoms with E-state index in [0.29, 0.717) is 11.5 Å². The zero-order valence-electron chi connectivity index (χ0n) is 16.3. The minimum atomic E-state index is 0.0232. The summed E-state index contributed by atoms with van der Waals surface area (Å²) in [6.07, 6.45) is 13.5. The zero-order valence-corrected chi connectivity index (χ0v) is 16.3. The van der Waals surface area contributed by atoms with Crippen LogP contribution >= 0.6 is 0 Å². The highest BCUT2D eigenvalue weighted by molar-refractivity contribution is 5.93. The van der Waals surface area contributed by atoms with Crippen LogP contribution in [0.5, 0.6) is 0 Å². The van der Waals surface area contributed by atoms with E-state index in [1.807, 2.05) is 18.9 Å². The maximum atomic E-state index is 12.9. The molecule has 6 heteroatoms. The first kappa shape index (κ1) is 19.1. The molecule has 1 saturated carbocycles. The van der Waals surface area contributed by atoms with Crippen LogP contribution in [-0.2, 0) is 0 Å². The Kier molecular flexibility index (Phi) is 6.46. The molecule has 1 aromatic rings. The van der Waals surface area contributed by atoms with Crippen molar-refractivity contribution in [1.82, 2.24) is 19.8 Å². The van der Waals surface area contributed by atoms with Crippen molar-refractivity contribution in [2.24, 2.45) is 0 Å². The molecule has 1 aromatic heterocycles. The monoisotopic (exact) mass is 359 g/mol. The molecule has 3 rings (SSSR count). The van der Waals surface area contributed by atoms with Crippen molar-refractivity contribution < 1.29 is 4.79 Å². The third-order valence-electron chi connectivity index (χ3n) is 5.92. The predicted molar refractivity (Wildman–Crippen MR) is 104 cm³/mol. The molecule has 1 N–H and O–H groups in total. The van der Waals surface area contributed by atoms with Gasteiger partial charge < -0.3 is 10.2 Å². The van der Waals surface area contributed by atoms with Crippen LogP contribution in [0.3, 0.4) is 0 Å². The average Bonchev–Trinajstić information content (AvgIpc) is 2.69. The maximum Gasteiger partial charge on any atom is 0.256 e. The Morgan fingerprint density at radius 2 is 1.73 bits per heavy atom. The molecule has 0 aromatic carbocycles. The highest BCUT2D eigenvalue weighted by atomic mass is 16.2. The smallest absolute Gasteiger partial charge is 0.256 e. The van der Waals surface area contributed by atoms with Gasteiger partial charge in [-0.05, 0) is 45.7 Å². The van der Waals surface area contributed by atoms with Gasteiger partial charge in [-0.2, -0.15) is 0 Å². The van der Waals surface area contributed by atoms with Gasteiger partial charge in [-0.1, -0.05) is 25.7 Å². The molecular formula is C20H33N5O. The molecule has 0 radical (unpaired) electrons. The fraction of sp³-hybridized carbons (Fsp3) is 0.750. The summed E-state index contributed by atoms with van der Waals surface area (Å²) in [5.74, 6) is 0.596. The standard InChI is InChI=1S/C20H33N5O/c1-3-21-19-22-14-17(15-23-19)18(26)24(2)16-20(10-6-4-7-11-20)25-12-8-5-9-13-25/h14-15H,3-13,16H2,1-2H3,(H,21,22,23). The molecule has 0 bridgehead atoms. The predicted octanol–water partition coefficient (Wildman–Crippen LogP) is 3.17. The summed E-state index contributed by atoms with van der Waals surface area (Å²) in [5, 5.41) is 3.06. The van der Waals surface area contributed by atoms with Crippen LogP contribution < -0.4 is 5.32 Å². The Morgan fingerprint density at radius 3 is 2.35 bits per heavy atom. The first-order chi connectivity index (χ1) is 12.6. The fourth-order valence-electron chi connectivity index (χ4n) is 4.57. The quantitative estimate of drug-likeness (QED) is 0.845. The van der Waals surface area contributed by atoms with Gasteiger partial charge in [-0.3, -0.25) is 9.69 Å². The maximum absolute atomic E-state index is 12.9. The van der Waals surface area contributed by atoms with Crippen molar-refractivity contribution in [3.05, 3.63) is 18.0 Å². The van der Waals surface area contributed by atoms with Crippen LogP contribution in [0.1, 0.15) is 68.6 Å². The lowest BCUT2D eigenvalue weighted by Crippen LogP contribution is -2.58. The second kappa shape index (κ2) is 8.80. The van der Waals surface area contributed by atoms with Gasteiger partial charge in [-0.15, -0.1) is 0 Å². The van der Waals surface area contributed by atoms with E-state index in [1.54, 1.807) is 12.4 Å². The number of hydrogen-bond acceptors (Lipinski definition) is 5. The number of nitrogens with zero attached hydrogens (tertiary/aromatic N) is 4. The summed E-state index contributed by atoms with van der Waals surface area (Å²) in [6.45, 7) is 5.94. The number of carbonyl (C=O) groups is 1. The third kappa shape index (κ3) is 4.34. The van der Waals surface area contributed by atoms with E-state index in [4.69, 9.17) is 0 Å². The van der Waals surface area contributed by atoms with Gasteiger partial charge in [0.1, 0.15) is 0 Å². The third-order valence-corrected chi connectivity index (χ3v) is 5.92. The molecule has 6 nitrogen and oxygen atoms in total. The Labute approximate surface area is 157 Å². The number of likely N-dealkylation sites (N-methyl/N-ethyl adjacent to an activating group) is 1. The Balaban J connectivity index is 1.70. The molecule has 0 spiro atoms. The van der Waals surface area contributed by atoms with E-state index >= 15 is 0 Å². The number of anilines is 1. The molecule has 26 heavy (non-hydrogen) atoms. The Bertz CT molecular complexity index is 576. The van der Waals surface area contributed by atoms with Crippen molar-refractivity contribution in [2.45, 2.75) is 63.8 Å². The van der Waals surface area contributed by atoms with Crippen LogP contribution in [0.25, 0.3) is 0 Å². The molecule has 2 fully saturated rings. The highest BCUT2D eigenvalue weighted by Gasteiger charge is 2.40. The zero-order chi connectivity index (χ0) is 18.4. The van der Waals surface area contributed by atoms with E-state index in [1.165, 1.54) is 64.5 Å². The molecule has 0 unspecified atom stereocenters. The van der Waals surface area contributed by atoms with Gasteiger partial charge in [0.05, 0.1) is 5.56 Å². The SMILES string of the molecule is CCNc1ncc(C(=O)N(C)CC2(N3CCCCC3)CCCCC2)cn1. The summed E-state index contributed by atoms with van der Waals surface area (Å²) >= 11 is 0. The van der Waals surface area contributed by atoms with Crippen LogP contribution in [0.2, 0.25) is 0 Å². The molecule has 1 aliphatic heterocycles. The van der Waals surface area contributed by atoms with Gasteiger partial charge in [0, 0.05) is 38.1 Å². The number of likely N-dealkylation sites (tertiary alicyclic amines) is 1. The largest absolute Gasteiger partial charge is 0.355 e. The lowest BCUT2D eigenvalue weighted by Gasteiger charge is -2.49. The van der Waals surface area contributed by atoms with Crippen molar-refractivity contribution in [1.29, 1.82) is 0 Å². The topological polar surface area (TPSA) is 61.4 Å². The fourth-order valence-corrected chi connectivity index (χ4v) is 4.57.